The first-order chi connectivity index (χ1) is 9.47. The van der Waals surface area contributed by atoms with Gasteiger partial charge in [-0.3, -0.25) is 10.1 Å². The average molecular weight is 295 g/mol. The highest BCUT2D eigenvalue weighted by Gasteiger charge is 2.51. The summed E-state index contributed by atoms with van der Waals surface area (Å²) in [5.74, 6) is -1.21. The fourth-order valence-corrected chi connectivity index (χ4v) is 4.06. The zero-order valence-electron chi connectivity index (χ0n) is 11.4. The maximum atomic E-state index is 12.4. The highest BCUT2D eigenvalue weighted by molar-refractivity contribution is 7.15. The van der Waals surface area contributed by atoms with Gasteiger partial charge in [0, 0.05) is 17.0 Å². The Morgan fingerprint density at radius 3 is 2.70 bits per heavy atom. The number of anilines is 1. The second-order valence-corrected chi connectivity index (χ2v) is 6.68. The molecule has 108 valence electrons. The summed E-state index contributed by atoms with van der Waals surface area (Å²) < 4.78 is 0. The second kappa shape index (κ2) is 4.73. The molecule has 2 bridgehead atoms. The van der Waals surface area contributed by atoms with Crippen LogP contribution in [0.25, 0.3) is 0 Å². The van der Waals surface area contributed by atoms with Crippen molar-refractivity contribution in [2.45, 2.75) is 45.2 Å². The van der Waals surface area contributed by atoms with Crippen LogP contribution in [0, 0.1) is 19.8 Å². The minimum atomic E-state index is -0.795. The second-order valence-electron chi connectivity index (χ2n) is 5.48. The number of urea groups is 1. The number of fused-ring (bicyclic) bond motifs is 2. The lowest BCUT2D eigenvalue weighted by Crippen LogP contribution is -2.40. The fourth-order valence-electron chi connectivity index (χ4n) is 3.25. The third-order valence-electron chi connectivity index (χ3n) is 4.33. The summed E-state index contributed by atoms with van der Waals surface area (Å²) >= 11 is 1.45. The molecule has 6 nitrogen and oxygen atoms in total. The van der Waals surface area contributed by atoms with E-state index in [0.29, 0.717) is 11.6 Å². The molecule has 3 heterocycles. The van der Waals surface area contributed by atoms with Crippen LogP contribution in [0.5, 0.6) is 0 Å². The summed E-state index contributed by atoms with van der Waals surface area (Å²) in [7, 11) is 0. The molecule has 2 fully saturated rings. The van der Waals surface area contributed by atoms with Crippen molar-refractivity contribution < 1.29 is 14.7 Å². The number of rotatable bonds is 2. The highest BCUT2D eigenvalue weighted by atomic mass is 32.1. The minimum absolute atomic E-state index is 0.0586. The first-order valence-electron chi connectivity index (χ1n) is 6.73. The lowest BCUT2D eigenvalue weighted by molar-refractivity contribution is -0.142. The number of hydrogen-bond donors (Lipinski definition) is 2. The van der Waals surface area contributed by atoms with E-state index in [2.05, 4.69) is 10.3 Å². The Kier molecular flexibility index (Phi) is 3.16. The lowest BCUT2D eigenvalue weighted by Gasteiger charge is -2.22. The molecule has 0 saturated carbocycles. The van der Waals surface area contributed by atoms with E-state index in [0.717, 1.165) is 23.4 Å². The molecule has 3 unspecified atom stereocenters. The number of carboxylic acid groups (broad SMARTS) is 1. The molecular weight excluding hydrogens is 278 g/mol. The van der Waals surface area contributed by atoms with Crippen LogP contribution in [0.3, 0.4) is 0 Å². The molecule has 2 aliphatic heterocycles. The Bertz CT molecular complexity index is 552. The standard InChI is InChI=1S/C13H17N3O3S/c1-6-7(2)20-12(14-6)15-13(19)16-8-3-4-10(16)9(5-8)11(17)18/h8-10H,3-5H2,1-2H3,(H,17,18)(H,14,15,19). The predicted molar refractivity (Wildman–Crippen MR) is 75.0 cm³/mol. The number of aromatic nitrogens is 1. The van der Waals surface area contributed by atoms with Gasteiger partial charge < -0.3 is 10.0 Å². The van der Waals surface area contributed by atoms with E-state index in [4.69, 9.17) is 0 Å². The molecule has 3 atom stereocenters. The number of carboxylic acids is 1. The van der Waals surface area contributed by atoms with Crippen molar-refractivity contribution in [1.29, 1.82) is 0 Å². The van der Waals surface area contributed by atoms with E-state index in [1.165, 1.54) is 11.3 Å². The molecule has 7 heteroatoms. The monoisotopic (exact) mass is 295 g/mol. The Labute approximate surface area is 120 Å². The van der Waals surface area contributed by atoms with Gasteiger partial charge in [0.2, 0.25) is 0 Å². The topological polar surface area (TPSA) is 82.5 Å². The number of aryl methyl sites for hydroxylation is 2. The van der Waals surface area contributed by atoms with Crippen molar-refractivity contribution in [3.63, 3.8) is 0 Å². The quantitative estimate of drug-likeness (QED) is 0.876. The zero-order valence-corrected chi connectivity index (χ0v) is 12.2. The van der Waals surface area contributed by atoms with Gasteiger partial charge in [0.15, 0.2) is 5.13 Å². The Hall–Kier alpha value is -1.63. The molecule has 0 aromatic carbocycles. The summed E-state index contributed by atoms with van der Waals surface area (Å²) in [6, 6.07) is -0.321. The first kappa shape index (κ1) is 13.4. The maximum absolute atomic E-state index is 12.4. The molecule has 3 rings (SSSR count). The van der Waals surface area contributed by atoms with Gasteiger partial charge in [-0.2, -0.15) is 0 Å². The van der Waals surface area contributed by atoms with Crippen molar-refractivity contribution in [3.05, 3.63) is 10.6 Å². The van der Waals surface area contributed by atoms with Crippen LogP contribution >= 0.6 is 11.3 Å². The van der Waals surface area contributed by atoms with Crippen LogP contribution in [0.2, 0.25) is 0 Å². The minimum Gasteiger partial charge on any atom is -0.481 e. The number of thiazole rings is 1. The molecule has 1 aromatic heterocycles. The molecule has 2 saturated heterocycles. The van der Waals surface area contributed by atoms with Gasteiger partial charge in [0.1, 0.15) is 0 Å². The van der Waals surface area contributed by atoms with Gasteiger partial charge in [0.25, 0.3) is 0 Å². The summed E-state index contributed by atoms with van der Waals surface area (Å²) in [5.41, 5.74) is 0.915. The molecule has 0 aliphatic carbocycles. The number of amides is 2. The number of carbonyl (C=O) groups is 2. The number of carbonyl (C=O) groups excluding carboxylic acids is 1. The molecule has 0 radical (unpaired) electrons. The van der Waals surface area contributed by atoms with Gasteiger partial charge in [-0.1, -0.05) is 0 Å². The third-order valence-corrected chi connectivity index (χ3v) is 5.32. The molecule has 2 amide bonds. The van der Waals surface area contributed by atoms with Crippen LogP contribution in [0.4, 0.5) is 9.93 Å². The normalized spacial score (nSPS) is 27.9. The number of nitrogens with zero attached hydrogens (tertiary/aromatic N) is 2. The largest absolute Gasteiger partial charge is 0.481 e. The average Bonchev–Trinajstić information content (AvgIpc) is 3.03. The molecule has 1 aromatic rings. The molecule has 2 aliphatic rings. The predicted octanol–water partition coefficient (Wildman–Crippen LogP) is 2.23. The highest BCUT2D eigenvalue weighted by Crippen LogP contribution is 2.42. The van der Waals surface area contributed by atoms with Gasteiger partial charge in [0.05, 0.1) is 11.6 Å². The first-order valence-corrected chi connectivity index (χ1v) is 7.55. The number of nitrogens with one attached hydrogen (secondary N) is 1. The van der Waals surface area contributed by atoms with Gasteiger partial charge in [-0.25, -0.2) is 9.78 Å². The van der Waals surface area contributed by atoms with Crippen molar-refractivity contribution in [1.82, 2.24) is 9.88 Å². The van der Waals surface area contributed by atoms with Gasteiger partial charge in [-0.15, -0.1) is 11.3 Å². The fraction of sp³-hybridized carbons (Fsp3) is 0.615. The summed E-state index contributed by atoms with van der Waals surface area (Å²) in [6.45, 7) is 3.87. The number of hydrogen-bond acceptors (Lipinski definition) is 4. The Balaban J connectivity index is 1.73. The summed E-state index contributed by atoms with van der Waals surface area (Å²) in [4.78, 5) is 30.6. The maximum Gasteiger partial charge on any atom is 0.324 e. The molecule has 0 spiro atoms. The van der Waals surface area contributed by atoms with Crippen molar-refractivity contribution in [3.8, 4) is 0 Å². The Morgan fingerprint density at radius 1 is 1.40 bits per heavy atom. The van der Waals surface area contributed by atoms with E-state index >= 15 is 0 Å². The Morgan fingerprint density at radius 2 is 2.15 bits per heavy atom. The van der Waals surface area contributed by atoms with Crippen molar-refractivity contribution >= 4 is 28.5 Å². The lowest BCUT2D eigenvalue weighted by atomic mass is 9.89. The van der Waals surface area contributed by atoms with Crippen molar-refractivity contribution in [2.24, 2.45) is 5.92 Å². The molecule has 2 N–H and O–H groups in total. The summed E-state index contributed by atoms with van der Waals surface area (Å²) in [5, 5.41) is 12.6. The van der Waals surface area contributed by atoms with Crippen LogP contribution in [-0.4, -0.2) is 39.1 Å². The van der Waals surface area contributed by atoms with E-state index in [1.54, 1.807) is 4.90 Å². The number of aliphatic carboxylic acids is 1. The van der Waals surface area contributed by atoms with Crippen LogP contribution in [0.15, 0.2) is 0 Å². The van der Waals surface area contributed by atoms with E-state index < -0.39 is 11.9 Å². The van der Waals surface area contributed by atoms with Gasteiger partial charge in [-0.05, 0) is 33.1 Å². The van der Waals surface area contributed by atoms with Crippen LogP contribution < -0.4 is 5.32 Å². The summed E-state index contributed by atoms with van der Waals surface area (Å²) in [6.07, 6.45) is 2.26. The van der Waals surface area contributed by atoms with Crippen LogP contribution in [0.1, 0.15) is 29.8 Å². The van der Waals surface area contributed by atoms with Crippen molar-refractivity contribution in [2.75, 3.05) is 5.32 Å². The van der Waals surface area contributed by atoms with E-state index in [9.17, 15) is 14.7 Å². The SMILES string of the molecule is Cc1nc(NC(=O)N2C3CCC2C(C(=O)O)C3)sc1C. The van der Waals surface area contributed by atoms with Gasteiger partial charge >= 0.3 is 12.0 Å². The zero-order chi connectivity index (χ0) is 14.4. The molecule has 20 heavy (non-hydrogen) atoms. The van der Waals surface area contributed by atoms with Crippen LogP contribution in [-0.2, 0) is 4.79 Å². The van der Waals surface area contributed by atoms with E-state index in [1.807, 2.05) is 13.8 Å². The molecular formula is C13H17N3O3S. The van der Waals surface area contributed by atoms with E-state index in [-0.39, 0.29) is 18.1 Å². The smallest absolute Gasteiger partial charge is 0.324 e. The third kappa shape index (κ3) is 2.06.